The Morgan fingerprint density at radius 1 is 0.765 bits per heavy atom. The summed E-state index contributed by atoms with van der Waals surface area (Å²) < 4.78 is 0. The number of guanidine groups is 1. The highest BCUT2D eigenvalue weighted by Crippen LogP contribution is 2.29. The third-order valence-electron chi connectivity index (χ3n) is 5.63. The standard InChI is InChI=1S/C27H31N5O2/c28-25(33)23(17-10-18-31-27(29)30)32(19-20-11-4-1-5-12-20)26(34)24(21-13-6-2-7-14-21)22-15-8-3-9-16-22/h1-9,11-16,23-24H,10,17-19H2,(H2,28,33)(H4,29,30,31)/t23-/m1/s1. The lowest BCUT2D eigenvalue weighted by atomic mass is 9.89. The summed E-state index contributed by atoms with van der Waals surface area (Å²) in [6.45, 7) is 0.603. The lowest BCUT2D eigenvalue weighted by Gasteiger charge is -2.33. The molecule has 6 N–H and O–H groups in total. The first-order valence-corrected chi connectivity index (χ1v) is 11.3. The molecule has 0 saturated carbocycles. The van der Waals surface area contributed by atoms with Crippen molar-refractivity contribution in [1.29, 1.82) is 0 Å². The number of aliphatic imine (C=N–C) groups is 1. The predicted molar refractivity (Wildman–Crippen MR) is 135 cm³/mol. The van der Waals surface area contributed by atoms with Gasteiger partial charge in [-0.2, -0.15) is 0 Å². The summed E-state index contributed by atoms with van der Waals surface area (Å²) in [6.07, 6.45) is 0.854. The molecule has 0 radical (unpaired) electrons. The monoisotopic (exact) mass is 457 g/mol. The number of amides is 2. The molecule has 3 aromatic rings. The first-order valence-electron chi connectivity index (χ1n) is 11.3. The number of nitrogens with zero attached hydrogens (tertiary/aromatic N) is 2. The van der Waals surface area contributed by atoms with E-state index in [0.717, 1.165) is 16.7 Å². The first kappa shape index (κ1) is 24.5. The van der Waals surface area contributed by atoms with Crippen LogP contribution in [-0.4, -0.2) is 35.3 Å². The highest BCUT2D eigenvalue weighted by atomic mass is 16.2. The maximum absolute atomic E-state index is 14.2. The Hall–Kier alpha value is -4.13. The van der Waals surface area contributed by atoms with E-state index in [-0.39, 0.29) is 18.4 Å². The lowest BCUT2D eigenvalue weighted by molar-refractivity contribution is -0.140. The van der Waals surface area contributed by atoms with E-state index in [2.05, 4.69) is 4.99 Å². The van der Waals surface area contributed by atoms with Crippen molar-refractivity contribution in [3.63, 3.8) is 0 Å². The Morgan fingerprint density at radius 3 is 1.74 bits per heavy atom. The van der Waals surface area contributed by atoms with E-state index in [4.69, 9.17) is 17.2 Å². The van der Waals surface area contributed by atoms with Gasteiger partial charge in [-0.1, -0.05) is 91.0 Å². The predicted octanol–water partition coefficient (Wildman–Crippen LogP) is 2.75. The summed E-state index contributed by atoms with van der Waals surface area (Å²) in [6, 6.07) is 27.9. The summed E-state index contributed by atoms with van der Waals surface area (Å²) >= 11 is 0. The third kappa shape index (κ3) is 6.68. The second-order valence-corrected chi connectivity index (χ2v) is 8.07. The van der Waals surface area contributed by atoms with Crippen LogP contribution in [0.25, 0.3) is 0 Å². The number of hydrogen-bond acceptors (Lipinski definition) is 3. The van der Waals surface area contributed by atoms with E-state index in [0.29, 0.717) is 19.4 Å². The quantitative estimate of drug-likeness (QED) is 0.232. The van der Waals surface area contributed by atoms with Gasteiger partial charge in [-0.15, -0.1) is 0 Å². The maximum Gasteiger partial charge on any atom is 0.240 e. The van der Waals surface area contributed by atoms with Crippen LogP contribution in [0.15, 0.2) is 96.0 Å². The van der Waals surface area contributed by atoms with Gasteiger partial charge in [0.15, 0.2) is 5.96 Å². The minimum absolute atomic E-state index is 0.0129. The van der Waals surface area contributed by atoms with E-state index in [1.165, 1.54) is 0 Å². The molecule has 0 aliphatic rings. The zero-order valence-corrected chi connectivity index (χ0v) is 19.1. The summed E-state index contributed by atoms with van der Waals surface area (Å²) in [4.78, 5) is 32.4. The van der Waals surface area contributed by atoms with Crippen LogP contribution in [-0.2, 0) is 16.1 Å². The molecule has 34 heavy (non-hydrogen) atoms. The Kier molecular flexibility index (Phi) is 8.80. The van der Waals surface area contributed by atoms with Crippen LogP contribution >= 0.6 is 0 Å². The van der Waals surface area contributed by atoms with Crippen molar-refractivity contribution in [2.75, 3.05) is 6.54 Å². The van der Waals surface area contributed by atoms with Crippen molar-refractivity contribution in [3.8, 4) is 0 Å². The van der Waals surface area contributed by atoms with Crippen LogP contribution in [0.2, 0.25) is 0 Å². The zero-order valence-electron chi connectivity index (χ0n) is 19.1. The Labute approximate surface area is 200 Å². The topological polar surface area (TPSA) is 128 Å². The molecule has 0 spiro atoms. The second-order valence-electron chi connectivity index (χ2n) is 8.07. The molecule has 0 unspecified atom stereocenters. The zero-order chi connectivity index (χ0) is 24.3. The average molecular weight is 458 g/mol. The number of carbonyl (C=O) groups is 2. The van der Waals surface area contributed by atoms with Gasteiger partial charge in [-0.3, -0.25) is 14.6 Å². The Morgan fingerprint density at radius 2 is 1.26 bits per heavy atom. The van der Waals surface area contributed by atoms with E-state index in [1.54, 1.807) is 4.90 Å². The van der Waals surface area contributed by atoms with Crippen LogP contribution in [0.5, 0.6) is 0 Å². The minimum atomic E-state index is -0.808. The van der Waals surface area contributed by atoms with Crippen molar-refractivity contribution in [2.45, 2.75) is 31.3 Å². The van der Waals surface area contributed by atoms with Crippen LogP contribution in [0.4, 0.5) is 0 Å². The van der Waals surface area contributed by atoms with Crippen molar-refractivity contribution in [1.82, 2.24) is 4.90 Å². The highest BCUT2D eigenvalue weighted by molar-refractivity contribution is 5.92. The van der Waals surface area contributed by atoms with Crippen LogP contribution in [0, 0.1) is 0 Å². The molecule has 0 fully saturated rings. The van der Waals surface area contributed by atoms with Crippen molar-refractivity contribution in [2.24, 2.45) is 22.2 Å². The number of nitrogens with two attached hydrogens (primary N) is 3. The molecule has 0 bridgehead atoms. The van der Waals surface area contributed by atoms with Crippen LogP contribution in [0.3, 0.4) is 0 Å². The fourth-order valence-corrected chi connectivity index (χ4v) is 4.00. The third-order valence-corrected chi connectivity index (χ3v) is 5.63. The van der Waals surface area contributed by atoms with E-state index in [1.807, 2.05) is 91.0 Å². The molecule has 3 aromatic carbocycles. The van der Waals surface area contributed by atoms with Gasteiger partial charge in [-0.05, 0) is 29.5 Å². The normalized spacial score (nSPS) is 11.6. The van der Waals surface area contributed by atoms with Gasteiger partial charge in [0.25, 0.3) is 0 Å². The van der Waals surface area contributed by atoms with Gasteiger partial charge >= 0.3 is 0 Å². The van der Waals surface area contributed by atoms with Gasteiger partial charge in [0.2, 0.25) is 11.8 Å². The van der Waals surface area contributed by atoms with Gasteiger partial charge < -0.3 is 22.1 Å². The molecular formula is C27H31N5O2. The summed E-state index contributed by atoms with van der Waals surface area (Å²) in [5, 5.41) is 0. The summed E-state index contributed by atoms with van der Waals surface area (Å²) in [5.41, 5.74) is 19.3. The fourth-order valence-electron chi connectivity index (χ4n) is 4.00. The van der Waals surface area contributed by atoms with E-state index < -0.39 is 17.9 Å². The molecule has 0 aliphatic heterocycles. The summed E-state index contributed by atoms with van der Waals surface area (Å²) in [5.74, 6) is -1.34. The molecular weight excluding hydrogens is 426 g/mol. The summed E-state index contributed by atoms with van der Waals surface area (Å²) in [7, 11) is 0. The number of carbonyl (C=O) groups excluding carboxylic acids is 2. The lowest BCUT2D eigenvalue weighted by Crippen LogP contribution is -2.49. The number of benzene rings is 3. The van der Waals surface area contributed by atoms with Gasteiger partial charge in [0, 0.05) is 13.1 Å². The largest absolute Gasteiger partial charge is 0.370 e. The molecule has 0 aromatic heterocycles. The smallest absolute Gasteiger partial charge is 0.240 e. The molecule has 0 aliphatic carbocycles. The molecule has 7 heteroatoms. The average Bonchev–Trinajstić information content (AvgIpc) is 2.85. The molecule has 0 saturated heterocycles. The molecule has 0 heterocycles. The molecule has 176 valence electrons. The van der Waals surface area contributed by atoms with Crippen molar-refractivity contribution < 1.29 is 9.59 Å². The van der Waals surface area contributed by atoms with Crippen LogP contribution < -0.4 is 17.2 Å². The first-order chi connectivity index (χ1) is 16.5. The highest BCUT2D eigenvalue weighted by Gasteiger charge is 2.34. The number of primary amides is 1. The van der Waals surface area contributed by atoms with Gasteiger partial charge in [0.05, 0.1) is 5.92 Å². The van der Waals surface area contributed by atoms with Crippen LogP contribution in [0.1, 0.15) is 35.4 Å². The second kappa shape index (κ2) is 12.2. The number of rotatable bonds is 11. The SMILES string of the molecule is NC(=O)[C@@H](CCCN=C(N)N)N(Cc1ccccc1)C(=O)C(c1ccccc1)c1ccccc1. The molecule has 1 atom stereocenters. The van der Waals surface area contributed by atoms with E-state index in [9.17, 15) is 9.59 Å². The van der Waals surface area contributed by atoms with Gasteiger partial charge in [-0.25, -0.2) is 0 Å². The van der Waals surface area contributed by atoms with E-state index >= 15 is 0 Å². The number of hydrogen-bond donors (Lipinski definition) is 3. The molecule has 7 nitrogen and oxygen atoms in total. The Balaban J connectivity index is 2.00. The molecule has 2 amide bonds. The van der Waals surface area contributed by atoms with Gasteiger partial charge in [0.1, 0.15) is 6.04 Å². The van der Waals surface area contributed by atoms with Crippen molar-refractivity contribution in [3.05, 3.63) is 108 Å². The molecule has 3 rings (SSSR count). The Bertz CT molecular complexity index is 1040. The fraction of sp³-hybridized carbons (Fsp3) is 0.222. The van der Waals surface area contributed by atoms with Crippen molar-refractivity contribution >= 4 is 17.8 Å². The minimum Gasteiger partial charge on any atom is -0.370 e. The maximum atomic E-state index is 14.2.